The molecule has 2 rings (SSSR count). The van der Waals surface area contributed by atoms with E-state index < -0.39 is 21.9 Å². The summed E-state index contributed by atoms with van der Waals surface area (Å²) < 4.78 is 23.4. The number of halogens is 1. The fourth-order valence-electron chi connectivity index (χ4n) is 2.17. The van der Waals surface area contributed by atoms with Crippen molar-refractivity contribution >= 4 is 45.3 Å². The number of carbonyl (C=O) groups is 2. The lowest BCUT2D eigenvalue weighted by Crippen LogP contribution is -2.26. The predicted octanol–water partition coefficient (Wildman–Crippen LogP) is 2.73. The molecule has 0 bridgehead atoms. The highest BCUT2D eigenvalue weighted by molar-refractivity contribution is 7.99. The number of nitrogens with two attached hydrogens (primary N) is 1. The molecule has 0 saturated heterocycles. The quantitative estimate of drug-likeness (QED) is 0.555. The van der Waals surface area contributed by atoms with Gasteiger partial charge in [-0.15, -0.1) is 0 Å². The number of rotatable bonds is 8. The standard InChI is InChI=1S/C17H17ClN2O5S2/c18-13-10-14(26-11-5-2-1-3-6-11)12(9-15(13)27(19,24)25)17(23)20-8-4-7-16(21)22/h1-3,5-6,9-10H,4,7-8H2,(H,20,23)(H,21,22)(H2,19,24,25). The number of carboxylic acid groups (broad SMARTS) is 1. The van der Waals surface area contributed by atoms with E-state index in [1.165, 1.54) is 17.8 Å². The number of primary sulfonamides is 1. The Hall–Kier alpha value is -2.07. The molecule has 0 fully saturated rings. The number of sulfonamides is 1. The number of carbonyl (C=O) groups excluding carboxylic acids is 1. The minimum Gasteiger partial charge on any atom is -0.481 e. The van der Waals surface area contributed by atoms with E-state index in [0.29, 0.717) is 4.90 Å². The van der Waals surface area contributed by atoms with Crippen molar-refractivity contribution in [2.75, 3.05) is 6.54 Å². The van der Waals surface area contributed by atoms with Crippen molar-refractivity contribution in [2.45, 2.75) is 27.5 Å². The predicted molar refractivity (Wildman–Crippen MR) is 103 cm³/mol. The molecular weight excluding hydrogens is 412 g/mol. The third kappa shape index (κ3) is 6.24. The van der Waals surface area contributed by atoms with Gasteiger partial charge in [-0.1, -0.05) is 41.6 Å². The van der Waals surface area contributed by atoms with Crippen LogP contribution in [0.2, 0.25) is 5.02 Å². The van der Waals surface area contributed by atoms with Crippen LogP contribution in [-0.4, -0.2) is 31.9 Å². The van der Waals surface area contributed by atoms with Crippen LogP contribution in [0.25, 0.3) is 0 Å². The second-order valence-electron chi connectivity index (χ2n) is 5.49. The molecule has 0 unspecified atom stereocenters. The van der Waals surface area contributed by atoms with Crippen LogP contribution >= 0.6 is 23.4 Å². The van der Waals surface area contributed by atoms with Crippen LogP contribution in [0.3, 0.4) is 0 Å². The number of hydrogen-bond acceptors (Lipinski definition) is 5. The van der Waals surface area contributed by atoms with E-state index in [2.05, 4.69) is 5.32 Å². The molecule has 0 atom stereocenters. The molecule has 0 saturated carbocycles. The zero-order valence-electron chi connectivity index (χ0n) is 14.0. The lowest BCUT2D eigenvalue weighted by molar-refractivity contribution is -0.137. The SMILES string of the molecule is NS(=O)(=O)c1cc(C(=O)NCCCC(=O)O)c(Sc2ccccc2)cc1Cl. The molecule has 0 spiro atoms. The average Bonchev–Trinajstić information content (AvgIpc) is 2.58. The van der Waals surface area contributed by atoms with Crippen molar-refractivity contribution in [3.63, 3.8) is 0 Å². The smallest absolute Gasteiger partial charge is 0.303 e. The van der Waals surface area contributed by atoms with Crippen LogP contribution in [0.5, 0.6) is 0 Å². The Morgan fingerprint density at radius 1 is 1.19 bits per heavy atom. The highest BCUT2D eigenvalue weighted by Crippen LogP contribution is 2.35. The molecule has 10 heteroatoms. The molecule has 0 heterocycles. The van der Waals surface area contributed by atoms with E-state index in [9.17, 15) is 18.0 Å². The summed E-state index contributed by atoms with van der Waals surface area (Å²) in [5.41, 5.74) is 0.0904. The summed E-state index contributed by atoms with van der Waals surface area (Å²) in [6.45, 7) is 0.133. The minimum absolute atomic E-state index is 0.0849. The van der Waals surface area contributed by atoms with Crippen molar-refractivity contribution < 1.29 is 23.1 Å². The number of hydrogen-bond donors (Lipinski definition) is 3. The highest BCUT2D eigenvalue weighted by Gasteiger charge is 2.21. The fraction of sp³-hybridized carbons (Fsp3) is 0.176. The van der Waals surface area contributed by atoms with E-state index in [1.54, 1.807) is 0 Å². The highest BCUT2D eigenvalue weighted by atomic mass is 35.5. The van der Waals surface area contributed by atoms with Gasteiger partial charge in [0.25, 0.3) is 5.91 Å². The molecule has 2 aromatic rings. The molecule has 144 valence electrons. The van der Waals surface area contributed by atoms with E-state index in [-0.39, 0.29) is 34.9 Å². The summed E-state index contributed by atoms with van der Waals surface area (Å²) in [6, 6.07) is 11.7. The third-order valence-corrected chi connectivity index (χ3v) is 5.85. The number of benzene rings is 2. The van der Waals surface area contributed by atoms with E-state index >= 15 is 0 Å². The van der Waals surface area contributed by atoms with Crippen LogP contribution in [0.4, 0.5) is 0 Å². The maximum atomic E-state index is 12.5. The number of amides is 1. The molecule has 4 N–H and O–H groups in total. The van der Waals surface area contributed by atoms with Gasteiger partial charge in [0, 0.05) is 22.8 Å². The molecule has 2 aromatic carbocycles. The summed E-state index contributed by atoms with van der Waals surface area (Å²) in [6.07, 6.45) is 0.160. The van der Waals surface area contributed by atoms with Crippen molar-refractivity contribution in [1.29, 1.82) is 0 Å². The Balaban J connectivity index is 2.35. The topological polar surface area (TPSA) is 127 Å². The maximum absolute atomic E-state index is 12.5. The van der Waals surface area contributed by atoms with Gasteiger partial charge in [-0.2, -0.15) is 0 Å². The molecule has 0 aliphatic rings. The molecule has 7 nitrogen and oxygen atoms in total. The summed E-state index contributed by atoms with van der Waals surface area (Å²) in [5, 5.41) is 16.3. The first-order valence-electron chi connectivity index (χ1n) is 7.77. The molecule has 27 heavy (non-hydrogen) atoms. The Kier molecular flexibility index (Phi) is 7.25. The minimum atomic E-state index is -4.11. The second kappa shape index (κ2) is 9.23. The Labute approximate surface area is 166 Å². The largest absolute Gasteiger partial charge is 0.481 e. The van der Waals surface area contributed by atoms with Crippen molar-refractivity contribution in [2.24, 2.45) is 5.14 Å². The van der Waals surface area contributed by atoms with Crippen LogP contribution in [0.1, 0.15) is 23.2 Å². The Bertz CT molecular complexity index is 949. The van der Waals surface area contributed by atoms with Gasteiger partial charge < -0.3 is 10.4 Å². The van der Waals surface area contributed by atoms with Gasteiger partial charge in [-0.05, 0) is 30.7 Å². The Morgan fingerprint density at radius 3 is 2.44 bits per heavy atom. The summed E-state index contributed by atoms with van der Waals surface area (Å²) >= 11 is 7.29. The van der Waals surface area contributed by atoms with Crippen LogP contribution in [0, 0.1) is 0 Å². The molecule has 0 aliphatic carbocycles. The maximum Gasteiger partial charge on any atom is 0.303 e. The zero-order valence-corrected chi connectivity index (χ0v) is 16.4. The van der Waals surface area contributed by atoms with Gasteiger partial charge in [0.1, 0.15) is 4.90 Å². The first-order chi connectivity index (χ1) is 12.7. The molecular formula is C17H17ClN2O5S2. The monoisotopic (exact) mass is 428 g/mol. The van der Waals surface area contributed by atoms with E-state index in [1.807, 2.05) is 30.3 Å². The molecule has 1 amide bonds. The van der Waals surface area contributed by atoms with Crippen LogP contribution in [-0.2, 0) is 14.8 Å². The zero-order chi connectivity index (χ0) is 20.0. The first-order valence-corrected chi connectivity index (χ1v) is 10.5. The van der Waals surface area contributed by atoms with Crippen LogP contribution in [0.15, 0.2) is 57.2 Å². The molecule has 0 aliphatic heterocycles. The first kappa shape index (κ1) is 21.2. The van der Waals surface area contributed by atoms with E-state index in [0.717, 1.165) is 11.0 Å². The van der Waals surface area contributed by atoms with Crippen molar-refractivity contribution in [3.05, 3.63) is 53.1 Å². The number of carboxylic acids is 1. The van der Waals surface area contributed by atoms with Crippen LogP contribution < -0.4 is 10.5 Å². The number of nitrogens with one attached hydrogen (secondary N) is 1. The lowest BCUT2D eigenvalue weighted by Gasteiger charge is -2.13. The normalized spacial score (nSPS) is 11.2. The van der Waals surface area contributed by atoms with Crippen molar-refractivity contribution in [1.82, 2.24) is 5.32 Å². The lowest BCUT2D eigenvalue weighted by atomic mass is 10.2. The summed E-state index contributed by atoms with van der Waals surface area (Å²) in [4.78, 5) is 24.0. The van der Waals surface area contributed by atoms with Gasteiger partial charge >= 0.3 is 5.97 Å². The second-order valence-corrected chi connectivity index (χ2v) is 8.54. The average molecular weight is 429 g/mol. The Morgan fingerprint density at radius 2 is 1.85 bits per heavy atom. The van der Waals surface area contributed by atoms with Gasteiger partial charge in [0.15, 0.2) is 0 Å². The summed E-state index contributed by atoms with van der Waals surface area (Å²) in [7, 11) is -4.11. The third-order valence-electron chi connectivity index (χ3n) is 3.41. The van der Waals surface area contributed by atoms with Gasteiger partial charge in [-0.3, -0.25) is 9.59 Å². The van der Waals surface area contributed by atoms with Gasteiger partial charge in [0.2, 0.25) is 10.0 Å². The molecule has 0 aromatic heterocycles. The number of aliphatic carboxylic acids is 1. The molecule has 0 radical (unpaired) electrons. The van der Waals surface area contributed by atoms with Gasteiger partial charge in [0.05, 0.1) is 10.6 Å². The van der Waals surface area contributed by atoms with Crippen molar-refractivity contribution in [3.8, 4) is 0 Å². The fourth-order valence-corrected chi connectivity index (χ4v) is 4.32. The summed E-state index contributed by atoms with van der Waals surface area (Å²) in [5.74, 6) is -1.51. The van der Waals surface area contributed by atoms with Gasteiger partial charge in [-0.25, -0.2) is 13.6 Å². The van der Waals surface area contributed by atoms with E-state index in [4.69, 9.17) is 21.8 Å².